The first-order chi connectivity index (χ1) is 18.1. The lowest BCUT2D eigenvalue weighted by Crippen LogP contribution is -2.41. The van der Waals surface area contributed by atoms with Gasteiger partial charge in [-0.2, -0.15) is 0 Å². The molecule has 0 saturated heterocycles. The van der Waals surface area contributed by atoms with Crippen LogP contribution in [0.3, 0.4) is 0 Å². The zero-order valence-corrected chi connectivity index (χ0v) is 22.5. The Morgan fingerprint density at radius 2 is 1.76 bits per heavy atom. The van der Waals surface area contributed by atoms with Gasteiger partial charge < -0.3 is 19.5 Å². The Labute approximate surface area is 224 Å². The minimum Gasteiger partial charge on any atom is -0.493 e. The first-order valence-corrected chi connectivity index (χ1v) is 12.7. The molecule has 0 saturated carbocycles. The Kier molecular flexibility index (Phi) is 9.84. The number of carbonyl (C=O) groups excluding carboxylic acids is 3. The molecule has 0 bridgehead atoms. The Balaban J connectivity index is 1.77. The molecule has 0 fully saturated rings. The summed E-state index contributed by atoms with van der Waals surface area (Å²) >= 11 is 1.49. The third-order valence-corrected chi connectivity index (χ3v) is 6.96. The van der Waals surface area contributed by atoms with Crippen molar-refractivity contribution >= 4 is 29.6 Å². The highest BCUT2D eigenvalue weighted by molar-refractivity contribution is 7.99. The molecule has 38 heavy (non-hydrogen) atoms. The van der Waals surface area contributed by atoms with E-state index < -0.39 is 30.0 Å². The van der Waals surface area contributed by atoms with Crippen LogP contribution >= 0.6 is 11.8 Å². The van der Waals surface area contributed by atoms with Crippen LogP contribution in [0.15, 0.2) is 65.7 Å². The number of aromatic nitrogens is 1. The molecule has 0 radical (unpaired) electrons. The normalized spacial score (nSPS) is 13.1. The monoisotopic (exact) mass is 540 g/mol. The summed E-state index contributed by atoms with van der Waals surface area (Å²) < 4.78 is 29.8. The van der Waals surface area contributed by atoms with Gasteiger partial charge >= 0.3 is 11.9 Å². The van der Waals surface area contributed by atoms with Crippen molar-refractivity contribution in [2.75, 3.05) is 7.11 Å². The van der Waals surface area contributed by atoms with E-state index in [9.17, 15) is 18.8 Å². The van der Waals surface area contributed by atoms with Crippen LogP contribution in [0.1, 0.15) is 47.6 Å². The van der Waals surface area contributed by atoms with Crippen LogP contribution in [0.25, 0.3) is 0 Å². The predicted molar refractivity (Wildman–Crippen MR) is 141 cm³/mol. The molecule has 1 aromatic heterocycles. The number of hydrogen-bond donors (Lipinski definition) is 1. The topological polar surface area (TPSA) is 104 Å². The highest BCUT2D eigenvalue weighted by Gasteiger charge is 2.29. The number of amides is 1. The number of methoxy groups -OCH3 is 1. The molecule has 1 N–H and O–H groups in total. The van der Waals surface area contributed by atoms with Crippen LogP contribution in [-0.2, 0) is 14.3 Å². The number of thioether (sulfide) groups is 1. The molecule has 200 valence electrons. The van der Waals surface area contributed by atoms with Crippen LogP contribution < -0.4 is 14.8 Å². The van der Waals surface area contributed by atoms with Crippen molar-refractivity contribution in [3.05, 3.63) is 83.4 Å². The second-order valence-corrected chi connectivity index (χ2v) is 9.69. The van der Waals surface area contributed by atoms with Gasteiger partial charge in [-0.1, -0.05) is 24.3 Å². The fraction of sp³-hybridized carbons (Fsp3) is 0.286. The summed E-state index contributed by atoms with van der Waals surface area (Å²) in [7, 11) is 1.36. The van der Waals surface area contributed by atoms with Crippen LogP contribution in [-0.4, -0.2) is 42.1 Å². The number of halogens is 1. The van der Waals surface area contributed by atoms with E-state index in [1.807, 2.05) is 30.3 Å². The molecular weight excluding hydrogens is 511 g/mol. The van der Waals surface area contributed by atoms with E-state index in [1.165, 1.54) is 57.1 Å². The average Bonchev–Trinajstić information content (AvgIpc) is 2.87. The first kappa shape index (κ1) is 28.6. The van der Waals surface area contributed by atoms with Crippen molar-refractivity contribution in [1.82, 2.24) is 10.3 Å². The van der Waals surface area contributed by atoms with E-state index in [2.05, 4.69) is 10.3 Å². The van der Waals surface area contributed by atoms with Gasteiger partial charge in [-0.05, 0) is 56.2 Å². The summed E-state index contributed by atoms with van der Waals surface area (Å²) in [6.07, 6.45) is 0.685. The molecule has 1 heterocycles. The third kappa shape index (κ3) is 7.32. The lowest BCUT2D eigenvalue weighted by molar-refractivity contribution is -0.150. The van der Waals surface area contributed by atoms with Crippen molar-refractivity contribution < 1.29 is 33.0 Å². The van der Waals surface area contributed by atoms with E-state index in [0.717, 1.165) is 16.0 Å². The van der Waals surface area contributed by atoms with Crippen molar-refractivity contribution in [2.45, 2.75) is 50.0 Å². The van der Waals surface area contributed by atoms with Gasteiger partial charge in [-0.3, -0.25) is 9.59 Å². The SMILES string of the molecule is COc1ccnc(C(=O)N[C@@H](C)C(=O)O[C@@H](C)[C@H](Sc2ccccc2)c2ccc(F)cc2C)c1OC(C)=O. The van der Waals surface area contributed by atoms with Gasteiger partial charge in [0.05, 0.1) is 12.4 Å². The number of nitrogens with zero attached hydrogens (tertiary/aromatic N) is 1. The van der Waals surface area contributed by atoms with Gasteiger partial charge in [-0.15, -0.1) is 11.8 Å². The summed E-state index contributed by atoms with van der Waals surface area (Å²) in [5, 5.41) is 2.19. The minimum absolute atomic E-state index is 0.139. The Hall–Kier alpha value is -3.92. The van der Waals surface area contributed by atoms with Gasteiger partial charge in [0.2, 0.25) is 5.75 Å². The number of pyridine rings is 1. The fourth-order valence-corrected chi connectivity index (χ4v) is 4.93. The number of esters is 2. The summed E-state index contributed by atoms with van der Waals surface area (Å²) in [6, 6.07) is 14.5. The minimum atomic E-state index is -1.06. The molecule has 0 aliphatic carbocycles. The summed E-state index contributed by atoms with van der Waals surface area (Å²) in [6.45, 7) is 6.21. The quantitative estimate of drug-likeness (QED) is 0.282. The second-order valence-electron chi connectivity index (χ2n) is 8.47. The van der Waals surface area contributed by atoms with Crippen LogP contribution in [0.5, 0.6) is 11.5 Å². The van der Waals surface area contributed by atoms with Crippen molar-refractivity contribution in [1.29, 1.82) is 0 Å². The van der Waals surface area contributed by atoms with Crippen molar-refractivity contribution in [3.8, 4) is 11.5 Å². The molecule has 3 aromatic rings. The summed E-state index contributed by atoms with van der Waals surface area (Å²) in [5.74, 6) is -2.46. The van der Waals surface area contributed by atoms with Gasteiger partial charge in [0.1, 0.15) is 18.0 Å². The highest BCUT2D eigenvalue weighted by Crippen LogP contribution is 2.40. The van der Waals surface area contributed by atoms with Gasteiger partial charge in [0, 0.05) is 24.1 Å². The maximum Gasteiger partial charge on any atom is 0.328 e. The predicted octanol–water partition coefficient (Wildman–Crippen LogP) is 5.05. The van der Waals surface area contributed by atoms with Crippen LogP contribution in [0, 0.1) is 12.7 Å². The maximum absolute atomic E-state index is 13.8. The number of carbonyl (C=O) groups is 3. The molecule has 0 aliphatic rings. The van der Waals surface area contributed by atoms with Crippen LogP contribution in [0.4, 0.5) is 4.39 Å². The number of ether oxygens (including phenoxy) is 3. The molecular formula is C28H29FN2O6S. The number of rotatable bonds is 10. The van der Waals surface area contributed by atoms with E-state index in [0.29, 0.717) is 0 Å². The fourth-order valence-electron chi connectivity index (χ4n) is 3.68. The maximum atomic E-state index is 13.8. The second kappa shape index (κ2) is 13.0. The molecule has 0 unspecified atom stereocenters. The smallest absolute Gasteiger partial charge is 0.328 e. The van der Waals surface area contributed by atoms with E-state index in [4.69, 9.17) is 14.2 Å². The molecule has 3 rings (SSSR count). The van der Waals surface area contributed by atoms with Crippen molar-refractivity contribution in [3.63, 3.8) is 0 Å². The van der Waals surface area contributed by atoms with Crippen molar-refractivity contribution in [2.24, 2.45) is 0 Å². The Bertz CT molecular complexity index is 1300. The first-order valence-electron chi connectivity index (χ1n) is 11.8. The molecule has 0 spiro atoms. The number of aryl methyl sites for hydroxylation is 1. The molecule has 10 heteroatoms. The number of nitrogens with one attached hydrogen (secondary N) is 1. The number of hydrogen-bond acceptors (Lipinski definition) is 8. The van der Waals surface area contributed by atoms with Gasteiger partial charge in [0.25, 0.3) is 5.91 Å². The van der Waals surface area contributed by atoms with E-state index in [-0.39, 0.29) is 28.3 Å². The molecule has 3 atom stereocenters. The third-order valence-electron chi connectivity index (χ3n) is 5.52. The lowest BCUT2D eigenvalue weighted by Gasteiger charge is -2.27. The Morgan fingerprint density at radius 3 is 2.39 bits per heavy atom. The average molecular weight is 541 g/mol. The standard InChI is InChI=1S/C28H29FN2O6S/c1-16-15-20(29)11-12-22(16)26(38-21-9-7-6-8-10-21)18(3)36-28(34)17(2)31-27(33)24-25(37-19(4)32)23(35-5)13-14-30-24/h6-15,17-18,26H,1-5H3,(H,31,33)/t17-,18-,26-/m0/s1. The zero-order valence-electron chi connectivity index (χ0n) is 21.7. The molecule has 2 aromatic carbocycles. The summed E-state index contributed by atoms with van der Waals surface area (Å²) in [5.41, 5.74) is 1.33. The highest BCUT2D eigenvalue weighted by atomic mass is 32.2. The zero-order chi connectivity index (χ0) is 27.8. The number of benzene rings is 2. The Morgan fingerprint density at radius 1 is 1.05 bits per heavy atom. The van der Waals surface area contributed by atoms with Gasteiger partial charge in [0.15, 0.2) is 11.4 Å². The van der Waals surface area contributed by atoms with E-state index in [1.54, 1.807) is 19.9 Å². The molecule has 0 aliphatic heterocycles. The van der Waals surface area contributed by atoms with E-state index >= 15 is 0 Å². The van der Waals surface area contributed by atoms with Gasteiger partial charge in [-0.25, -0.2) is 14.2 Å². The lowest BCUT2D eigenvalue weighted by atomic mass is 10.0. The largest absolute Gasteiger partial charge is 0.493 e. The van der Waals surface area contributed by atoms with Crippen LogP contribution in [0.2, 0.25) is 0 Å². The molecule has 8 nitrogen and oxygen atoms in total. The summed E-state index contributed by atoms with van der Waals surface area (Å²) in [4.78, 5) is 42.4. The molecule has 1 amide bonds.